The lowest BCUT2D eigenvalue weighted by Crippen LogP contribution is -2.52. The van der Waals surface area contributed by atoms with E-state index in [2.05, 4.69) is 15.6 Å². The van der Waals surface area contributed by atoms with Crippen molar-refractivity contribution in [1.29, 1.82) is 0 Å². The molecule has 0 bridgehead atoms. The van der Waals surface area contributed by atoms with Gasteiger partial charge >= 0.3 is 5.97 Å². The van der Waals surface area contributed by atoms with Crippen LogP contribution in [0.3, 0.4) is 0 Å². The first-order valence-corrected chi connectivity index (χ1v) is 9.24. The summed E-state index contributed by atoms with van der Waals surface area (Å²) in [5.41, 5.74) is 0.742. The standard InChI is InChI=1S/C19H32N4O4/c1-7-16(24)21-15(10-13-11-20-12(2)23(13)6)17(25)22-14(18(26)27)8-9-19(3,4)5/h11,14-15H,7-10H2,1-6H3,(H,21,24)(H,22,25)(H,26,27). The topological polar surface area (TPSA) is 113 Å². The van der Waals surface area contributed by atoms with Crippen molar-refractivity contribution in [1.82, 2.24) is 20.2 Å². The van der Waals surface area contributed by atoms with Gasteiger partial charge in [-0.3, -0.25) is 9.59 Å². The van der Waals surface area contributed by atoms with Gasteiger partial charge < -0.3 is 20.3 Å². The molecule has 2 atom stereocenters. The van der Waals surface area contributed by atoms with Crippen LogP contribution < -0.4 is 10.6 Å². The van der Waals surface area contributed by atoms with Gasteiger partial charge in [0.05, 0.1) is 0 Å². The van der Waals surface area contributed by atoms with Crippen molar-refractivity contribution < 1.29 is 19.5 Å². The van der Waals surface area contributed by atoms with Crippen molar-refractivity contribution in [2.75, 3.05) is 0 Å². The zero-order valence-electron chi connectivity index (χ0n) is 17.1. The fraction of sp³-hybridized carbons (Fsp3) is 0.684. The summed E-state index contributed by atoms with van der Waals surface area (Å²) < 4.78 is 1.84. The summed E-state index contributed by atoms with van der Waals surface area (Å²) in [5, 5.41) is 14.7. The minimum Gasteiger partial charge on any atom is -0.480 e. The lowest BCUT2D eigenvalue weighted by molar-refractivity contribution is -0.142. The Bertz CT molecular complexity index is 676. The minimum absolute atomic E-state index is 0.0412. The van der Waals surface area contributed by atoms with Gasteiger partial charge in [0.2, 0.25) is 11.8 Å². The molecule has 1 heterocycles. The molecule has 0 aromatic carbocycles. The molecular weight excluding hydrogens is 348 g/mol. The number of imidazole rings is 1. The number of rotatable bonds is 9. The largest absolute Gasteiger partial charge is 0.480 e. The molecule has 0 aliphatic rings. The third-order valence-corrected chi connectivity index (χ3v) is 4.50. The van der Waals surface area contributed by atoms with Gasteiger partial charge in [-0.15, -0.1) is 0 Å². The van der Waals surface area contributed by atoms with Crippen molar-refractivity contribution >= 4 is 17.8 Å². The molecule has 0 fully saturated rings. The van der Waals surface area contributed by atoms with Gasteiger partial charge in [0.1, 0.15) is 17.9 Å². The summed E-state index contributed by atoms with van der Waals surface area (Å²) >= 11 is 0. The van der Waals surface area contributed by atoms with Crippen LogP contribution in [0.25, 0.3) is 0 Å². The van der Waals surface area contributed by atoms with Crippen molar-refractivity contribution in [3.8, 4) is 0 Å². The van der Waals surface area contributed by atoms with Crippen LogP contribution in [0.4, 0.5) is 0 Å². The zero-order chi connectivity index (χ0) is 20.8. The molecule has 1 aromatic heterocycles. The number of hydrogen-bond acceptors (Lipinski definition) is 4. The van der Waals surface area contributed by atoms with Gasteiger partial charge in [-0.05, 0) is 25.2 Å². The third-order valence-electron chi connectivity index (χ3n) is 4.50. The molecule has 2 amide bonds. The lowest BCUT2D eigenvalue weighted by atomic mass is 9.88. The van der Waals surface area contributed by atoms with E-state index in [9.17, 15) is 19.5 Å². The Hall–Kier alpha value is -2.38. The normalized spacial score (nSPS) is 13.7. The first-order valence-electron chi connectivity index (χ1n) is 9.24. The Labute approximate surface area is 160 Å². The molecule has 8 heteroatoms. The number of carbonyl (C=O) groups is 3. The summed E-state index contributed by atoms with van der Waals surface area (Å²) in [6, 6.07) is -1.85. The maximum absolute atomic E-state index is 12.7. The van der Waals surface area contributed by atoms with Crippen molar-refractivity contribution in [2.45, 2.75) is 72.4 Å². The van der Waals surface area contributed by atoms with Crippen LogP contribution in [0.1, 0.15) is 58.5 Å². The SMILES string of the molecule is CCC(=O)NC(Cc1cnc(C)n1C)C(=O)NC(CCC(C)(C)C)C(=O)O. The van der Waals surface area contributed by atoms with Gasteiger partial charge in [-0.1, -0.05) is 27.7 Å². The van der Waals surface area contributed by atoms with Crippen molar-refractivity contribution in [2.24, 2.45) is 12.5 Å². The quantitative estimate of drug-likeness (QED) is 0.602. The summed E-state index contributed by atoms with van der Waals surface area (Å²) in [4.78, 5) is 40.3. The number of aromatic nitrogens is 2. The molecule has 1 rings (SSSR count). The van der Waals surface area contributed by atoms with E-state index in [1.165, 1.54) is 0 Å². The van der Waals surface area contributed by atoms with Crippen LogP contribution in [-0.4, -0.2) is 44.5 Å². The Morgan fingerprint density at radius 1 is 1.22 bits per heavy atom. The third kappa shape index (κ3) is 7.40. The predicted octanol–water partition coefficient (Wildman–Crippen LogP) is 1.56. The molecule has 2 unspecified atom stereocenters. The van der Waals surface area contributed by atoms with Gasteiger partial charge in [-0.25, -0.2) is 9.78 Å². The Balaban J connectivity index is 2.91. The highest BCUT2D eigenvalue weighted by Crippen LogP contribution is 2.21. The number of nitrogens with one attached hydrogen (secondary N) is 2. The van der Waals surface area contributed by atoms with Crippen LogP contribution in [0.2, 0.25) is 0 Å². The van der Waals surface area contributed by atoms with E-state index in [4.69, 9.17) is 0 Å². The van der Waals surface area contributed by atoms with Crippen LogP contribution in [0, 0.1) is 12.3 Å². The molecule has 1 aromatic rings. The van der Waals surface area contributed by atoms with E-state index >= 15 is 0 Å². The van der Waals surface area contributed by atoms with Crippen molar-refractivity contribution in [3.63, 3.8) is 0 Å². The highest BCUT2D eigenvalue weighted by Gasteiger charge is 2.28. The lowest BCUT2D eigenvalue weighted by Gasteiger charge is -2.24. The minimum atomic E-state index is -1.08. The number of nitrogens with zero attached hydrogens (tertiary/aromatic N) is 2. The first kappa shape index (κ1) is 22.7. The van der Waals surface area contributed by atoms with E-state index in [0.717, 1.165) is 11.5 Å². The van der Waals surface area contributed by atoms with E-state index in [0.29, 0.717) is 12.8 Å². The van der Waals surface area contributed by atoms with Crippen LogP contribution in [-0.2, 0) is 27.9 Å². The summed E-state index contributed by atoms with van der Waals surface area (Å²) in [6.45, 7) is 9.59. The number of amides is 2. The van der Waals surface area contributed by atoms with E-state index in [1.54, 1.807) is 13.1 Å². The van der Waals surface area contributed by atoms with Crippen LogP contribution in [0.5, 0.6) is 0 Å². The van der Waals surface area contributed by atoms with Gasteiger partial charge in [-0.2, -0.15) is 0 Å². The smallest absolute Gasteiger partial charge is 0.326 e. The molecule has 0 radical (unpaired) electrons. The molecule has 8 nitrogen and oxygen atoms in total. The summed E-state index contributed by atoms with van der Waals surface area (Å²) in [7, 11) is 1.83. The second-order valence-electron chi connectivity index (χ2n) is 8.03. The van der Waals surface area contributed by atoms with Crippen LogP contribution >= 0.6 is 0 Å². The van der Waals surface area contributed by atoms with E-state index in [1.807, 2.05) is 39.3 Å². The fourth-order valence-corrected chi connectivity index (χ4v) is 2.56. The molecule has 152 valence electrons. The van der Waals surface area contributed by atoms with Gasteiger partial charge in [0, 0.05) is 31.8 Å². The van der Waals surface area contributed by atoms with Gasteiger partial charge in [0.25, 0.3) is 0 Å². The Morgan fingerprint density at radius 3 is 2.30 bits per heavy atom. The first-order chi connectivity index (χ1) is 12.4. The highest BCUT2D eigenvalue weighted by molar-refractivity contribution is 5.90. The van der Waals surface area contributed by atoms with Crippen molar-refractivity contribution in [3.05, 3.63) is 17.7 Å². The Morgan fingerprint density at radius 2 is 1.85 bits per heavy atom. The Kier molecular flexibility index (Phi) is 7.99. The van der Waals surface area contributed by atoms with E-state index < -0.39 is 24.0 Å². The molecule has 0 saturated carbocycles. The molecule has 27 heavy (non-hydrogen) atoms. The molecular formula is C19H32N4O4. The predicted molar refractivity (Wildman–Crippen MR) is 102 cm³/mol. The van der Waals surface area contributed by atoms with Gasteiger partial charge in [0.15, 0.2) is 0 Å². The summed E-state index contributed by atoms with van der Waals surface area (Å²) in [6.07, 6.45) is 3.10. The zero-order valence-corrected chi connectivity index (χ0v) is 17.1. The fourth-order valence-electron chi connectivity index (χ4n) is 2.56. The second-order valence-corrected chi connectivity index (χ2v) is 8.03. The molecule has 0 aliphatic heterocycles. The monoisotopic (exact) mass is 380 g/mol. The maximum atomic E-state index is 12.7. The second kappa shape index (κ2) is 9.53. The molecule has 0 saturated heterocycles. The average Bonchev–Trinajstić information content (AvgIpc) is 2.88. The number of carbonyl (C=O) groups excluding carboxylic acids is 2. The van der Waals surface area contributed by atoms with E-state index in [-0.39, 0.29) is 24.2 Å². The summed E-state index contributed by atoms with van der Waals surface area (Å²) in [5.74, 6) is -1.06. The highest BCUT2D eigenvalue weighted by atomic mass is 16.4. The molecule has 0 spiro atoms. The average molecular weight is 380 g/mol. The van der Waals surface area contributed by atoms with Crippen LogP contribution in [0.15, 0.2) is 6.20 Å². The maximum Gasteiger partial charge on any atom is 0.326 e. The number of carboxylic acids is 1. The number of hydrogen-bond donors (Lipinski definition) is 3. The number of aliphatic carboxylic acids is 1. The number of aryl methyl sites for hydroxylation is 1. The number of carboxylic acid groups (broad SMARTS) is 1. The molecule has 3 N–H and O–H groups in total. The molecule has 0 aliphatic carbocycles.